The predicted octanol–water partition coefficient (Wildman–Crippen LogP) is 2.38. The third-order valence-corrected chi connectivity index (χ3v) is 3.40. The molecule has 110 valence electrons. The number of hydrogen-bond donors (Lipinski definition) is 1. The van der Waals surface area contributed by atoms with Crippen molar-refractivity contribution in [3.05, 3.63) is 41.2 Å². The summed E-state index contributed by atoms with van der Waals surface area (Å²) in [6.07, 6.45) is 1.89. The van der Waals surface area contributed by atoms with Gasteiger partial charge in [0.05, 0.1) is 6.42 Å². The fourth-order valence-corrected chi connectivity index (χ4v) is 2.23. The summed E-state index contributed by atoms with van der Waals surface area (Å²) in [6, 6.07) is 3.49. The third kappa shape index (κ3) is 2.91. The summed E-state index contributed by atoms with van der Waals surface area (Å²) >= 11 is 0. The zero-order chi connectivity index (χ0) is 15.0. The van der Waals surface area contributed by atoms with Gasteiger partial charge in [-0.1, -0.05) is 6.07 Å². The molecule has 0 saturated heterocycles. The van der Waals surface area contributed by atoms with E-state index >= 15 is 0 Å². The van der Waals surface area contributed by atoms with Gasteiger partial charge < -0.3 is 0 Å². The minimum atomic E-state index is -0.731. The molecule has 1 aromatic heterocycles. The van der Waals surface area contributed by atoms with Crippen LogP contribution in [0.3, 0.4) is 0 Å². The van der Waals surface area contributed by atoms with Crippen molar-refractivity contribution >= 4 is 11.9 Å². The van der Waals surface area contributed by atoms with E-state index in [1.165, 1.54) is 6.07 Å². The molecule has 0 radical (unpaired) electrons. The Labute approximate surface area is 120 Å². The summed E-state index contributed by atoms with van der Waals surface area (Å²) in [5, 5.41) is 10.5. The molecule has 0 unspecified atom stereocenters. The zero-order valence-corrected chi connectivity index (χ0v) is 11.4. The van der Waals surface area contributed by atoms with Gasteiger partial charge in [-0.05, 0) is 31.4 Å². The van der Waals surface area contributed by atoms with E-state index in [-0.39, 0.29) is 12.0 Å². The number of aromatic nitrogens is 3. The van der Waals surface area contributed by atoms with Crippen molar-refractivity contribution in [2.24, 2.45) is 0 Å². The van der Waals surface area contributed by atoms with Crippen LogP contribution in [0.15, 0.2) is 18.2 Å². The molecule has 1 heterocycles. The number of benzene rings is 1. The molecule has 1 aliphatic rings. The minimum Gasteiger partial charge on any atom is -0.294 e. The number of rotatable bonds is 4. The number of nitrogens with one attached hydrogen (secondary N) is 1. The lowest BCUT2D eigenvalue weighted by Crippen LogP contribution is -2.18. The van der Waals surface area contributed by atoms with Gasteiger partial charge in [-0.15, -0.1) is 10.2 Å². The average Bonchev–Trinajstić information content (AvgIpc) is 3.18. The van der Waals surface area contributed by atoms with Gasteiger partial charge >= 0.3 is 0 Å². The van der Waals surface area contributed by atoms with Crippen molar-refractivity contribution in [3.63, 3.8) is 0 Å². The molecule has 0 aliphatic heterocycles. The lowest BCUT2D eigenvalue weighted by molar-refractivity contribution is -0.115. The number of nitrogens with zero attached hydrogens (tertiary/aromatic N) is 3. The zero-order valence-electron chi connectivity index (χ0n) is 11.4. The first-order chi connectivity index (χ1) is 10.0. The van der Waals surface area contributed by atoms with E-state index in [0.717, 1.165) is 30.8 Å². The van der Waals surface area contributed by atoms with Crippen LogP contribution in [0.1, 0.15) is 30.3 Å². The van der Waals surface area contributed by atoms with Gasteiger partial charge in [-0.25, -0.2) is 8.78 Å². The van der Waals surface area contributed by atoms with Crippen molar-refractivity contribution in [2.75, 3.05) is 5.32 Å². The van der Waals surface area contributed by atoms with E-state index in [0.29, 0.717) is 12.0 Å². The van der Waals surface area contributed by atoms with E-state index in [1.54, 1.807) is 0 Å². The second-order valence-corrected chi connectivity index (χ2v) is 5.13. The highest BCUT2D eigenvalue weighted by Crippen LogP contribution is 2.37. The van der Waals surface area contributed by atoms with Crippen LogP contribution in [0.25, 0.3) is 0 Å². The first-order valence-electron chi connectivity index (χ1n) is 6.70. The summed E-state index contributed by atoms with van der Waals surface area (Å²) in [5.74, 6) is -0.691. The molecule has 1 N–H and O–H groups in total. The summed E-state index contributed by atoms with van der Waals surface area (Å²) in [6.45, 7) is 1.82. The number of hydrogen-bond acceptors (Lipinski definition) is 3. The van der Waals surface area contributed by atoms with Crippen molar-refractivity contribution in [1.29, 1.82) is 0 Å². The summed E-state index contributed by atoms with van der Waals surface area (Å²) < 4.78 is 28.2. The Bertz CT molecular complexity index is 694. The first kappa shape index (κ1) is 13.7. The van der Waals surface area contributed by atoms with E-state index in [1.807, 2.05) is 11.5 Å². The lowest BCUT2D eigenvalue weighted by atomic mass is 10.1. The summed E-state index contributed by atoms with van der Waals surface area (Å²) in [4.78, 5) is 12.0. The largest absolute Gasteiger partial charge is 0.294 e. The maximum Gasteiger partial charge on any atom is 0.231 e. The smallest absolute Gasteiger partial charge is 0.231 e. The Morgan fingerprint density at radius 2 is 2.14 bits per heavy atom. The molecule has 2 aromatic rings. The van der Waals surface area contributed by atoms with Gasteiger partial charge in [0, 0.05) is 12.1 Å². The van der Waals surface area contributed by atoms with Crippen LogP contribution in [0.5, 0.6) is 0 Å². The van der Waals surface area contributed by atoms with Crippen LogP contribution in [-0.2, 0) is 11.2 Å². The molecule has 0 bridgehead atoms. The Balaban J connectivity index is 1.72. The normalized spacial score (nSPS) is 14.2. The highest BCUT2D eigenvalue weighted by Gasteiger charge is 2.28. The molecule has 1 saturated carbocycles. The van der Waals surface area contributed by atoms with E-state index in [9.17, 15) is 13.6 Å². The Morgan fingerprint density at radius 1 is 1.38 bits per heavy atom. The van der Waals surface area contributed by atoms with E-state index in [4.69, 9.17) is 0 Å². The number of carbonyl (C=O) groups is 1. The molecule has 1 aromatic carbocycles. The molecule has 21 heavy (non-hydrogen) atoms. The molecule has 0 spiro atoms. The first-order valence-corrected chi connectivity index (χ1v) is 6.70. The van der Waals surface area contributed by atoms with Gasteiger partial charge in [-0.2, -0.15) is 0 Å². The molecule has 3 rings (SSSR count). The topological polar surface area (TPSA) is 59.8 Å². The minimum absolute atomic E-state index is 0.142. The Morgan fingerprint density at radius 3 is 2.81 bits per heavy atom. The predicted molar refractivity (Wildman–Crippen MR) is 71.7 cm³/mol. The summed E-state index contributed by atoms with van der Waals surface area (Å²) in [5.41, 5.74) is 0.142. The number of halogens is 2. The van der Waals surface area contributed by atoms with Crippen molar-refractivity contribution in [2.45, 2.75) is 32.2 Å². The maximum atomic E-state index is 13.5. The van der Waals surface area contributed by atoms with E-state index < -0.39 is 17.5 Å². The van der Waals surface area contributed by atoms with Gasteiger partial charge in [-0.3, -0.25) is 14.7 Å². The summed E-state index contributed by atoms with van der Waals surface area (Å²) in [7, 11) is 0. The maximum absolute atomic E-state index is 13.5. The third-order valence-electron chi connectivity index (χ3n) is 3.40. The molecule has 1 amide bonds. The van der Waals surface area contributed by atoms with Crippen LogP contribution in [-0.4, -0.2) is 20.7 Å². The second-order valence-electron chi connectivity index (χ2n) is 5.13. The standard InChI is InChI=1S/C14H14F2N4O/c1-8-18-19-14(20(8)11-4-5-11)17-13(21)6-9-2-3-10(15)7-12(9)16/h2-3,7,11H,4-6H2,1H3,(H,17,19,21). The monoisotopic (exact) mass is 292 g/mol. The quantitative estimate of drug-likeness (QED) is 0.941. The molecule has 5 nitrogen and oxygen atoms in total. The van der Waals surface area contributed by atoms with Gasteiger partial charge in [0.15, 0.2) is 0 Å². The molecule has 7 heteroatoms. The van der Waals surface area contributed by atoms with Gasteiger partial charge in [0.1, 0.15) is 17.5 Å². The number of amides is 1. The van der Waals surface area contributed by atoms with Gasteiger partial charge in [0.25, 0.3) is 0 Å². The van der Waals surface area contributed by atoms with Gasteiger partial charge in [0.2, 0.25) is 11.9 Å². The van der Waals surface area contributed by atoms with Crippen LogP contribution < -0.4 is 5.32 Å². The van der Waals surface area contributed by atoms with Crippen LogP contribution in [0, 0.1) is 18.6 Å². The van der Waals surface area contributed by atoms with Crippen LogP contribution >= 0.6 is 0 Å². The molecule has 1 aliphatic carbocycles. The molecular weight excluding hydrogens is 278 g/mol. The van der Waals surface area contributed by atoms with E-state index in [2.05, 4.69) is 15.5 Å². The average molecular weight is 292 g/mol. The second kappa shape index (κ2) is 5.23. The van der Waals surface area contributed by atoms with Crippen LogP contribution in [0.2, 0.25) is 0 Å². The highest BCUT2D eigenvalue weighted by molar-refractivity contribution is 5.90. The van der Waals surface area contributed by atoms with Crippen molar-refractivity contribution < 1.29 is 13.6 Å². The van der Waals surface area contributed by atoms with Crippen molar-refractivity contribution in [1.82, 2.24) is 14.8 Å². The Hall–Kier alpha value is -2.31. The SMILES string of the molecule is Cc1nnc(NC(=O)Cc2ccc(F)cc2F)n1C1CC1. The fraction of sp³-hybridized carbons (Fsp3) is 0.357. The molecular formula is C14H14F2N4O. The van der Waals surface area contributed by atoms with Crippen LogP contribution in [0.4, 0.5) is 14.7 Å². The Kier molecular flexibility index (Phi) is 3.40. The lowest BCUT2D eigenvalue weighted by Gasteiger charge is -2.08. The molecule has 0 atom stereocenters. The number of aryl methyl sites for hydroxylation is 1. The number of anilines is 1. The van der Waals surface area contributed by atoms with Crippen molar-refractivity contribution in [3.8, 4) is 0 Å². The number of carbonyl (C=O) groups excluding carboxylic acids is 1. The molecule has 1 fully saturated rings. The highest BCUT2D eigenvalue weighted by atomic mass is 19.1. The fourth-order valence-electron chi connectivity index (χ4n) is 2.23.